The van der Waals surface area contributed by atoms with Gasteiger partial charge in [-0.25, -0.2) is 0 Å². The van der Waals surface area contributed by atoms with Crippen LogP contribution in [0, 0.1) is 0 Å². The summed E-state index contributed by atoms with van der Waals surface area (Å²) in [5, 5.41) is 13.1. The van der Waals surface area contributed by atoms with Gasteiger partial charge in [0.1, 0.15) is 0 Å². The van der Waals surface area contributed by atoms with Crippen molar-refractivity contribution in [1.29, 1.82) is 0 Å². The van der Waals surface area contributed by atoms with E-state index in [1.165, 1.54) is 154 Å². The van der Waals surface area contributed by atoms with Gasteiger partial charge in [-0.15, -0.1) is 0 Å². The fourth-order valence-corrected chi connectivity index (χ4v) is 6.95. The lowest BCUT2D eigenvalue weighted by atomic mass is 10.0. The molecule has 1 amide bonds. The van der Waals surface area contributed by atoms with E-state index < -0.39 is 28.0 Å². The highest BCUT2D eigenvalue weighted by molar-refractivity contribution is 7.85. The molecule has 0 aromatic carbocycles. The molecule has 2 atom stereocenters. The van der Waals surface area contributed by atoms with Crippen LogP contribution in [-0.4, -0.2) is 41.9 Å². The summed E-state index contributed by atoms with van der Waals surface area (Å²) in [4.78, 5) is 12.4. The predicted octanol–water partition coefficient (Wildman–Crippen LogP) is 11.4. The molecule has 7 heteroatoms. The van der Waals surface area contributed by atoms with E-state index >= 15 is 0 Å². The number of nitrogens with one attached hydrogen (secondary N) is 1. The number of amides is 1. The molecule has 46 heavy (non-hydrogen) atoms. The Morgan fingerprint density at radius 1 is 0.565 bits per heavy atom. The number of rotatable bonds is 36. The number of allylic oxidation sites excluding steroid dienone is 1. The lowest BCUT2D eigenvalue weighted by molar-refractivity contribution is -0.122. The quantitative estimate of drug-likeness (QED) is 0.0349. The molecule has 0 aliphatic carbocycles. The molecule has 2 unspecified atom stereocenters. The fourth-order valence-electron chi connectivity index (χ4n) is 6.21. The first-order chi connectivity index (χ1) is 22.3. The van der Waals surface area contributed by atoms with Gasteiger partial charge in [-0.1, -0.05) is 199 Å². The Morgan fingerprint density at radius 3 is 1.24 bits per heavy atom. The second-order valence-corrected chi connectivity index (χ2v) is 15.4. The minimum Gasteiger partial charge on any atom is -0.387 e. The van der Waals surface area contributed by atoms with E-state index in [2.05, 4.69) is 19.2 Å². The normalized spacial score (nSPS) is 13.4. The minimum absolute atomic E-state index is 0.277. The molecule has 0 aliphatic rings. The molecule has 0 radical (unpaired) electrons. The number of aliphatic hydroxyl groups excluding tert-OH is 1. The van der Waals surface area contributed by atoms with Gasteiger partial charge >= 0.3 is 0 Å². The summed E-state index contributed by atoms with van der Waals surface area (Å²) < 4.78 is 32.2. The van der Waals surface area contributed by atoms with Crippen LogP contribution in [0.3, 0.4) is 0 Å². The van der Waals surface area contributed by atoms with Crippen LogP contribution in [0.5, 0.6) is 0 Å². The summed E-state index contributed by atoms with van der Waals surface area (Å²) >= 11 is 0. The van der Waals surface area contributed by atoms with E-state index in [1.54, 1.807) is 6.08 Å². The Labute approximate surface area is 286 Å². The maximum absolute atomic E-state index is 12.4. The first kappa shape index (κ1) is 45.1. The van der Waals surface area contributed by atoms with Crippen molar-refractivity contribution in [2.75, 3.05) is 5.75 Å². The Balaban J connectivity index is 3.71. The molecule has 0 rings (SSSR count). The van der Waals surface area contributed by atoms with E-state index in [-0.39, 0.29) is 5.91 Å². The minimum atomic E-state index is -4.33. The maximum atomic E-state index is 12.4. The molecule has 0 aliphatic heterocycles. The highest BCUT2D eigenvalue weighted by atomic mass is 32.2. The molecule has 0 aromatic heterocycles. The second kappa shape index (κ2) is 34.0. The Hall–Kier alpha value is -0.920. The van der Waals surface area contributed by atoms with Gasteiger partial charge in [-0.3, -0.25) is 9.35 Å². The summed E-state index contributed by atoms with van der Waals surface area (Å²) in [6.07, 6.45) is 40.8. The number of unbranched alkanes of at least 4 members (excludes halogenated alkanes) is 28. The molecule has 0 spiro atoms. The van der Waals surface area contributed by atoms with Crippen LogP contribution in [0.25, 0.3) is 0 Å². The Kier molecular flexibility index (Phi) is 33.3. The van der Waals surface area contributed by atoms with Crippen LogP contribution in [0.4, 0.5) is 0 Å². The SMILES string of the molecule is CCCCCCCC/C=C/C(O)C(CS(=O)(=O)O)NC(=O)CCCCCCCCCCCCCCCCCCCCCCCCC. The number of hydrogen-bond acceptors (Lipinski definition) is 4. The van der Waals surface area contributed by atoms with E-state index in [0.29, 0.717) is 6.42 Å². The van der Waals surface area contributed by atoms with Crippen molar-refractivity contribution >= 4 is 16.0 Å². The lowest BCUT2D eigenvalue weighted by Crippen LogP contribution is -2.46. The van der Waals surface area contributed by atoms with Gasteiger partial charge in [0.15, 0.2) is 0 Å². The molecule has 6 nitrogen and oxygen atoms in total. The molecule has 0 saturated heterocycles. The topological polar surface area (TPSA) is 104 Å². The van der Waals surface area contributed by atoms with Crippen LogP contribution in [0.15, 0.2) is 12.2 Å². The maximum Gasteiger partial charge on any atom is 0.267 e. The Morgan fingerprint density at radius 2 is 0.891 bits per heavy atom. The third kappa shape index (κ3) is 34.4. The average molecular weight is 672 g/mol. The van der Waals surface area contributed by atoms with Gasteiger partial charge in [0.2, 0.25) is 5.91 Å². The number of carbonyl (C=O) groups is 1. The van der Waals surface area contributed by atoms with Crippen LogP contribution < -0.4 is 5.32 Å². The monoisotopic (exact) mass is 672 g/mol. The van der Waals surface area contributed by atoms with Crippen molar-refractivity contribution in [3.63, 3.8) is 0 Å². The van der Waals surface area contributed by atoms with Crippen molar-refractivity contribution in [2.45, 2.75) is 225 Å². The Bertz CT molecular complexity index is 785. The van der Waals surface area contributed by atoms with Crippen LogP contribution in [-0.2, 0) is 14.9 Å². The molecule has 274 valence electrons. The predicted molar refractivity (Wildman–Crippen MR) is 198 cm³/mol. The molecule has 0 heterocycles. The van der Waals surface area contributed by atoms with Crippen molar-refractivity contribution in [3.8, 4) is 0 Å². The third-order valence-electron chi connectivity index (χ3n) is 9.21. The van der Waals surface area contributed by atoms with Gasteiger partial charge in [-0.2, -0.15) is 8.42 Å². The van der Waals surface area contributed by atoms with Gasteiger partial charge in [0.25, 0.3) is 10.1 Å². The smallest absolute Gasteiger partial charge is 0.267 e. The number of aliphatic hydroxyl groups is 1. The van der Waals surface area contributed by atoms with Crippen molar-refractivity contribution in [1.82, 2.24) is 5.32 Å². The van der Waals surface area contributed by atoms with Crippen LogP contribution in [0.1, 0.15) is 213 Å². The van der Waals surface area contributed by atoms with Gasteiger partial charge in [0, 0.05) is 6.42 Å². The molecule has 0 bridgehead atoms. The second-order valence-electron chi connectivity index (χ2n) is 13.9. The first-order valence-corrected chi connectivity index (χ1v) is 21.5. The molecular weight excluding hydrogens is 594 g/mol. The summed E-state index contributed by atoms with van der Waals surface area (Å²) in [6, 6.07) is -1.05. The van der Waals surface area contributed by atoms with Gasteiger partial charge < -0.3 is 10.4 Å². The summed E-state index contributed by atoms with van der Waals surface area (Å²) in [7, 11) is -4.33. The number of carbonyl (C=O) groups excluding carboxylic acids is 1. The zero-order valence-corrected chi connectivity index (χ0v) is 31.3. The molecular formula is C39H77NO5S. The van der Waals surface area contributed by atoms with E-state index in [1.807, 2.05) is 6.08 Å². The number of hydrogen-bond donors (Lipinski definition) is 3. The van der Waals surface area contributed by atoms with Crippen LogP contribution in [0.2, 0.25) is 0 Å². The van der Waals surface area contributed by atoms with Gasteiger partial charge in [-0.05, 0) is 19.3 Å². The zero-order valence-electron chi connectivity index (χ0n) is 30.5. The van der Waals surface area contributed by atoms with Gasteiger partial charge in [0.05, 0.1) is 17.9 Å². The van der Waals surface area contributed by atoms with E-state index in [4.69, 9.17) is 0 Å². The lowest BCUT2D eigenvalue weighted by Gasteiger charge is -2.21. The average Bonchev–Trinajstić information content (AvgIpc) is 3.01. The summed E-state index contributed by atoms with van der Waals surface area (Å²) in [6.45, 7) is 4.47. The highest BCUT2D eigenvalue weighted by Gasteiger charge is 2.24. The molecule has 0 aromatic rings. The third-order valence-corrected chi connectivity index (χ3v) is 9.99. The summed E-state index contributed by atoms with van der Waals surface area (Å²) in [5.41, 5.74) is 0. The molecule has 0 saturated carbocycles. The molecule has 0 fully saturated rings. The first-order valence-electron chi connectivity index (χ1n) is 19.9. The summed E-state index contributed by atoms with van der Waals surface area (Å²) in [5.74, 6) is -0.971. The fraction of sp³-hybridized carbons (Fsp3) is 0.923. The van der Waals surface area contributed by atoms with E-state index in [9.17, 15) is 22.9 Å². The van der Waals surface area contributed by atoms with Crippen LogP contribution >= 0.6 is 0 Å². The largest absolute Gasteiger partial charge is 0.387 e. The van der Waals surface area contributed by atoms with Crippen molar-refractivity contribution in [3.05, 3.63) is 12.2 Å². The standard InChI is InChI=1S/C39H77NO5S/c1-3-5-7-9-11-13-14-15-16-17-18-19-20-21-22-23-24-25-26-27-29-31-33-35-39(42)40-37(36-46(43,44)45)38(41)34-32-30-28-12-10-8-6-4-2/h32,34,37-38,41H,3-31,33,35-36H2,1-2H3,(H,40,42)(H,43,44,45)/b34-32+. The van der Waals surface area contributed by atoms with Crippen molar-refractivity contribution < 1.29 is 22.9 Å². The molecule has 3 N–H and O–H groups in total. The highest BCUT2D eigenvalue weighted by Crippen LogP contribution is 2.16. The van der Waals surface area contributed by atoms with Crippen molar-refractivity contribution in [2.24, 2.45) is 0 Å². The zero-order chi connectivity index (χ0) is 34.0. The van der Waals surface area contributed by atoms with E-state index in [0.717, 1.165) is 38.5 Å².